The molecule has 2 saturated carbocycles. The topological polar surface area (TPSA) is 49.7 Å². The van der Waals surface area contributed by atoms with Gasteiger partial charge in [-0.3, -0.25) is 0 Å². The molecular weight excluding hydrogens is 588 g/mol. The summed E-state index contributed by atoms with van der Waals surface area (Å²) in [5.74, 6) is -3.79. The fourth-order valence-corrected chi connectivity index (χ4v) is 6.71. The largest absolute Gasteiger partial charge is 0.473 e. The minimum atomic E-state index is -5.87. The molecule has 4 bridgehead atoms. The van der Waals surface area contributed by atoms with Crippen molar-refractivity contribution in [2.45, 2.75) is 74.4 Å². The van der Waals surface area contributed by atoms with Gasteiger partial charge >= 0.3 is 24.7 Å². The molecule has 6 unspecified atom stereocenters. The van der Waals surface area contributed by atoms with Crippen molar-refractivity contribution < 1.29 is 67.6 Å². The Labute approximate surface area is 226 Å². The molecule has 0 aliphatic heterocycles. The maximum Gasteiger partial charge on any atom is 0.426 e. The number of allylic oxidation sites excluding steroid dienone is 6. The number of alkyl halides is 12. The Bertz CT molecular complexity index is 995. The summed E-state index contributed by atoms with van der Waals surface area (Å²) in [6, 6.07) is 0. The van der Waals surface area contributed by atoms with Gasteiger partial charge in [-0.1, -0.05) is 12.2 Å². The van der Waals surface area contributed by atoms with Gasteiger partial charge in [-0.15, -0.1) is 0 Å². The van der Waals surface area contributed by atoms with Crippen LogP contribution in [0.5, 0.6) is 0 Å². The highest BCUT2D eigenvalue weighted by atomic mass is 19.4. The van der Waals surface area contributed by atoms with Gasteiger partial charge in [0.2, 0.25) is 0 Å². The van der Waals surface area contributed by atoms with Crippen LogP contribution in [0.1, 0.15) is 38.5 Å². The van der Waals surface area contributed by atoms with Gasteiger partial charge in [0.25, 0.3) is 11.2 Å². The maximum atomic E-state index is 13.0. The molecule has 2 N–H and O–H groups in total. The van der Waals surface area contributed by atoms with E-state index in [0.717, 1.165) is 0 Å². The van der Waals surface area contributed by atoms with E-state index in [1.807, 2.05) is 0 Å². The molecule has 6 atom stereocenters. The van der Waals surface area contributed by atoms with E-state index < -0.39 is 72.4 Å². The first-order valence-electron chi connectivity index (χ1n) is 12.7. The van der Waals surface area contributed by atoms with Crippen molar-refractivity contribution in [3.05, 3.63) is 48.0 Å². The molecule has 15 heteroatoms. The van der Waals surface area contributed by atoms with Crippen LogP contribution in [-0.4, -0.2) is 46.1 Å². The molecule has 0 heterocycles. The quantitative estimate of drug-likeness (QED) is 0.218. The molecule has 0 spiro atoms. The van der Waals surface area contributed by atoms with E-state index in [-0.39, 0.29) is 24.7 Å². The van der Waals surface area contributed by atoms with Gasteiger partial charge in [0.15, 0.2) is 0 Å². The summed E-state index contributed by atoms with van der Waals surface area (Å²) in [5, 5.41) is 19.0. The highest BCUT2D eigenvalue weighted by Crippen LogP contribution is 2.56. The van der Waals surface area contributed by atoms with Crippen molar-refractivity contribution in [2.75, 3.05) is 0 Å². The van der Waals surface area contributed by atoms with Crippen molar-refractivity contribution in [1.82, 2.24) is 0 Å². The van der Waals surface area contributed by atoms with Crippen molar-refractivity contribution in [3.63, 3.8) is 0 Å². The van der Waals surface area contributed by atoms with Gasteiger partial charge in [0.05, 0.1) is 12.5 Å². The molecule has 232 valence electrons. The first-order valence-corrected chi connectivity index (χ1v) is 12.7. The smallest absolute Gasteiger partial charge is 0.426 e. The van der Waals surface area contributed by atoms with Crippen LogP contribution < -0.4 is 0 Å². The Balaban J connectivity index is 1.30. The number of halogens is 12. The fourth-order valence-electron chi connectivity index (χ4n) is 6.71. The SMILES string of the molecule is OC(CC1CC2CC1C=C2C=COC=CC1=CC2CC1CC2CC(O)(C(F)(F)F)C(F)(F)F)(C(F)(F)F)C(F)(F)F. The molecule has 41 heavy (non-hydrogen) atoms. The van der Waals surface area contributed by atoms with E-state index in [1.165, 1.54) is 24.7 Å². The summed E-state index contributed by atoms with van der Waals surface area (Å²) in [7, 11) is 0. The summed E-state index contributed by atoms with van der Waals surface area (Å²) >= 11 is 0. The Morgan fingerprint density at radius 2 is 0.902 bits per heavy atom. The lowest BCUT2D eigenvalue weighted by Gasteiger charge is -2.36. The van der Waals surface area contributed by atoms with E-state index in [2.05, 4.69) is 0 Å². The molecule has 3 nitrogen and oxygen atoms in total. The standard InChI is InChI=1S/C26H26F12O3/c27-23(28,29)21(39,24(30,31)32)11-19-9-15-7-17(19)5-13(15)1-3-41-4-2-14-6-18-8-16(14)10-20(18)12-22(40,25(33,34)35)26(36,37)38/h1-6,15-20,39-40H,7-12H2. The van der Waals surface area contributed by atoms with E-state index in [0.29, 0.717) is 24.0 Å². The van der Waals surface area contributed by atoms with Crippen molar-refractivity contribution in [3.8, 4) is 0 Å². The van der Waals surface area contributed by atoms with Crippen LogP contribution in [0.3, 0.4) is 0 Å². The molecule has 4 rings (SSSR count). The fraction of sp³-hybridized carbons (Fsp3) is 0.692. The highest BCUT2D eigenvalue weighted by molar-refractivity contribution is 5.32. The van der Waals surface area contributed by atoms with Gasteiger partial charge < -0.3 is 14.9 Å². The maximum absolute atomic E-state index is 13.0. The Morgan fingerprint density at radius 1 is 0.585 bits per heavy atom. The van der Waals surface area contributed by atoms with Gasteiger partial charge in [-0.2, -0.15) is 52.7 Å². The second-order valence-corrected chi connectivity index (χ2v) is 11.4. The second-order valence-electron chi connectivity index (χ2n) is 11.4. The van der Waals surface area contributed by atoms with E-state index in [9.17, 15) is 62.9 Å². The van der Waals surface area contributed by atoms with Crippen molar-refractivity contribution >= 4 is 0 Å². The molecule has 4 aliphatic rings. The lowest BCUT2D eigenvalue weighted by atomic mass is 9.80. The monoisotopic (exact) mass is 614 g/mol. The minimum absolute atomic E-state index is 0.0279. The molecule has 0 aromatic rings. The lowest BCUT2D eigenvalue weighted by Crippen LogP contribution is -2.58. The summed E-state index contributed by atoms with van der Waals surface area (Å²) in [5.41, 5.74) is -8.27. The predicted octanol–water partition coefficient (Wildman–Crippen LogP) is 7.69. The predicted molar refractivity (Wildman–Crippen MR) is 118 cm³/mol. The van der Waals surface area contributed by atoms with E-state index in [4.69, 9.17) is 4.74 Å². The van der Waals surface area contributed by atoms with Gasteiger partial charge in [0, 0.05) is 0 Å². The Kier molecular flexibility index (Phi) is 7.93. The normalized spacial score (nSPS) is 31.1. The average Bonchev–Trinajstić information content (AvgIpc) is 3.56. The zero-order chi connectivity index (χ0) is 30.8. The highest BCUT2D eigenvalue weighted by Gasteiger charge is 2.72. The van der Waals surface area contributed by atoms with Crippen LogP contribution in [0, 0.1) is 35.5 Å². The van der Waals surface area contributed by atoms with Crippen LogP contribution >= 0.6 is 0 Å². The van der Waals surface area contributed by atoms with Crippen molar-refractivity contribution in [1.29, 1.82) is 0 Å². The third-order valence-electron chi connectivity index (χ3n) is 8.92. The molecular formula is C26H26F12O3. The van der Waals surface area contributed by atoms with Gasteiger partial charge in [-0.25, -0.2) is 0 Å². The summed E-state index contributed by atoms with van der Waals surface area (Å²) in [6.45, 7) is 0. The first kappa shape index (κ1) is 31.8. The third-order valence-corrected chi connectivity index (χ3v) is 8.92. The Morgan fingerprint density at radius 3 is 1.15 bits per heavy atom. The number of ether oxygens (including phenoxy) is 1. The molecule has 4 aliphatic carbocycles. The number of hydrogen-bond acceptors (Lipinski definition) is 3. The van der Waals surface area contributed by atoms with Gasteiger partial charge in [-0.05, 0) is 97.3 Å². The average molecular weight is 614 g/mol. The number of fused-ring (bicyclic) bond motifs is 4. The summed E-state index contributed by atoms with van der Waals surface area (Å²) < 4.78 is 162. The molecule has 2 fully saturated rings. The van der Waals surface area contributed by atoms with Crippen LogP contribution in [0.15, 0.2) is 48.0 Å². The summed E-state index contributed by atoms with van der Waals surface area (Å²) in [4.78, 5) is 0. The van der Waals surface area contributed by atoms with Crippen LogP contribution in [-0.2, 0) is 4.74 Å². The third kappa shape index (κ3) is 5.76. The number of aliphatic hydroxyl groups is 2. The molecule has 0 saturated heterocycles. The van der Waals surface area contributed by atoms with Crippen LogP contribution in [0.2, 0.25) is 0 Å². The number of rotatable bonds is 8. The van der Waals surface area contributed by atoms with Crippen LogP contribution in [0.4, 0.5) is 52.7 Å². The molecule has 0 radical (unpaired) electrons. The number of hydrogen-bond donors (Lipinski definition) is 2. The lowest BCUT2D eigenvalue weighted by molar-refractivity contribution is -0.373. The summed E-state index contributed by atoms with van der Waals surface area (Å²) in [6.07, 6.45) is -17.1. The molecule has 0 aromatic carbocycles. The Hall–Kier alpha value is -2.16. The van der Waals surface area contributed by atoms with Gasteiger partial charge in [0.1, 0.15) is 0 Å². The zero-order valence-electron chi connectivity index (χ0n) is 21.0. The van der Waals surface area contributed by atoms with Crippen LogP contribution in [0.25, 0.3) is 0 Å². The molecule has 0 amide bonds. The first-order chi connectivity index (χ1) is 18.6. The molecule has 0 aromatic heterocycles. The van der Waals surface area contributed by atoms with Crippen molar-refractivity contribution in [2.24, 2.45) is 35.5 Å². The minimum Gasteiger partial charge on any atom is -0.473 e. The zero-order valence-corrected chi connectivity index (χ0v) is 21.0. The van der Waals surface area contributed by atoms with E-state index in [1.54, 1.807) is 12.2 Å². The second kappa shape index (κ2) is 10.2. The van der Waals surface area contributed by atoms with E-state index >= 15 is 0 Å².